The van der Waals surface area contributed by atoms with E-state index in [1.165, 1.54) is 23.2 Å². The first-order chi connectivity index (χ1) is 14.4. The van der Waals surface area contributed by atoms with Crippen LogP contribution in [0.5, 0.6) is 11.5 Å². The van der Waals surface area contributed by atoms with Gasteiger partial charge in [-0.1, -0.05) is 11.6 Å². The topological polar surface area (TPSA) is 83.8 Å². The average molecular weight is 450 g/mol. The Kier molecular flexibility index (Phi) is 5.62. The van der Waals surface area contributed by atoms with Crippen molar-refractivity contribution in [1.29, 1.82) is 0 Å². The van der Waals surface area contributed by atoms with Crippen LogP contribution in [0.15, 0.2) is 47.4 Å². The molecule has 1 aliphatic heterocycles. The van der Waals surface area contributed by atoms with Crippen molar-refractivity contribution in [2.24, 2.45) is 0 Å². The van der Waals surface area contributed by atoms with Crippen LogP contribution in [0.25, 0.3) is 10.9 Å². The predicted octanol–water partition coefficient (Wildman–Crippen LogP) is 3.80. The fourth-order valence-corrected chi connectivity index (χ4v) is 5.25. The van der Waals surface area contributed by atoms with Gasteiger partial charge >= 0.3 is 5.97 Å². The van der Waals surface area contributed by atoms with Gasteiger partial charge < -0.3 is 14.2 Å². The Bertz CT molecular complexity index is 1220. The maximum atomic E-state index is 13.6. The van der Waals surface area contributed by atoms with Gasteiger partial charge in [-0.25, -0.2) is 12.4 Å². The first kappa shape index (κ1) is 20.6. The molecule has 1 aliphatic rings. The summed E-state index contributed by atoms with van der Waals surface area (Å²) in [6.45, 7) is 0.784. The molecular formula is C21H20ClNO6S. The van der Waals surface area contributed by atoms with E-state index in [1.54, 1.807) is 30.3 Å². The monoisotopic (exact) mass is 449 g/mol. The lowest BCUT2D eigenvalue weighted by Crippen LogP contribution is -2.18. The maximum absolute atomic E-state index is 13.6. The SMILES string of the molecule is COC(=O)CCCc1cc2cc(Cl)ccc2n1S(=O)(=O)c1ccc2c(c1)OCCO2. The number of fused-ring (bicyclic) bond motifs is 2. The third-order valence-electron chi connectivity index (χ3n) is 4.88. The second-order valence-corrected chi connectivity index (χ2v) is 9.07. The Hall–Kier alpha value is -2.71. The van der Waals surface area contributed by atoms with Crippen LogP contribution >= 0.6 is 11.6 Å². The molecule has 2 heterocycles. The number of esters is 1. The molecule has 7 nitrogen and oxygen atoms in total. The zero-order valence-electron chi connectivity index (χ0n) is 16.3. The number of carbonyl (C=O) groups excluding carboxylic acids is 1. The van der Waals surface area contributed by atoms with E-state index in [4.69, 9.17) is 21.1 Å². The van der Waals surface area contributed by atoms with Gasteiger partial charge in [0.25, 0.3) is 10.0 Å². The summed E-state index contributed by atoms with van der Waals surface area (Å²) in [5.74, 6) is 0.576. The van der Waals surface area contributed by atoms with Gasteiger partial charge in [0, 0.05) is 28.6 Å². The number of hydrogen-bond donors (Lipinski definition) is 0. The lowest BCUT2D eigenvalue weighted by atomic mass is 10.2. The van der Waals surface area contributed by atoms with Gasteiger partial charge in [0.2, 0.25) is 0 Å². The number of halogens is 1. The van der Waals surface area contributed by atoms with Gasteiger partial charge in [0.15, 0.2) is 11.5 Å². The van der Waals surface area contributed by atoms with E-state index in [0.717, 1.165) is 0 Å². The number of aryl methyl sites for hydroxylation is 1. The molecule has 0 saturated carbocycles. The Morgan fingerprint density at radius 3 is 2.63 bits per heavy atom. The molecule has 2 aromatic carbocycles. The second kappa shape index (κ2) is 8.20. The van der Waals surface area contributed by atoms with Crippen LogP contribution in [-0.4, -0.2) is 38.7 Å². The summed E-state index contributed by atoms with van der Waals surface area (Å²) >= 11 is 6.11. The van der Waals surface area contributed by atoms with E-state index in [2.05, 4.69) is 4.74 Å². The van der Waals surface area contributed by atoms with Crippen molar-refractivity contribution in [2.45, 2.75) is 24.2 Å². The highest BCUT2D eigenvalue weighted by Crippen LogP contribution is 2.35. The number of ether oxygens (including phenoxy) is 3. The van der Waals surface area contributed by atoms with Crippen molar-refractivity contribution < 1.29 is 27.4 Å². The number of nitrogens with zero attached hydrogens (tertiary/aromatic N) is 1. The summed E-state index contributed by atoms with van der Waals surface area (Å²) < 4.78 is 44.2. The summed E-state index contributed by atoms with van der Waals surface area (Å²) in [6.07, 6.45) is 1.03. The van der Waals surface area contributed by atoms with E-state index in [1.807, 2.05) is 0 Å². The summed E-state index contributed by atoms with van der Waals surface area (Å²) in [7, 11) is -2.61. The van der Waals surface area contributed by atoms with Crippen LogP contribution in [0.4, 0.5) is 0 Å². The van der Waals surface area contributed by atoms with Gasteiger partial charge in [-0.05, 0) is 49.2 Å². The maximum Gasteiger partial charge on any atom is 0.305 e. The summed E-state index contributed by atoms with van der Waals surface area (Å²) in [5.41, 5.74) is 1.08. The van der Waals surface area contributed by atoms with Crippen LogP contribution in [-0.2, 0) is 26.0 Å². The number of methoxy groups -OCH3 is 1. The highest BCUT2D eigenvalue weighted by atomic mass is 35.5. The van der Waals surface area contributed by atoms with Crippen LogP contribution in [0.1, 0.15) is 18.5 Å². The fourth-order valence-electron chi connectivity index (χ4n) is 3.48. The zero-order chi connectivity index (χ0) is 21.3. The number of rotatable bonds is 6. The minimum absolute atomic E-state index is 0.0911. The Balaban J connectivity index is 1.79. The second-order valence-electron chi connectivity index (χ2n) is 6.84. The summed E-state index contributed by atoms with van der Waals surface area (Å²) in [4.78, 5) is 11.6. The number of benzene rings is 2. The van der Waals surface area contributed by atoms with E-state index in [0.29, 0.717) is 59.2 Å². The summed E-state index contributed by atoms with van der Waals surface area (Å²) in [6, 6.07) is 11.4. The quantitative estimate of drug-likeness (QED) is 0.532. The number of hydrogen-bond acceptors (Lipinski definition) is 6. The predicted molar refractivity (Wildman–Crippen MR) is 112 cm³/mol. The largest absolute Gasteiger partial charge is 0.486 e. The van der Waals surface area contributed by atoms with E-state index in [9.17, 15) is 13.2 Å². The lowest BCUT2D eigenvalue weighted by Gasteiger charge is -2.19. The van der Waals surface area contributed by atoms with Crippen molar-refractivity contribution in [1.82, 2.24) is 3.97 Å². The van der Waals surface area contributed by atoms with Gasteiger partial charge in [-0.3, -0.25) is 4.79 Å². The minimum Gasteiger partial charge on any atom is -0.486 e. The van der Waals surface area contributed by atoms with E-state index < -0.39 is 10.0 Å². The van der Waals surface area contributed by atoms with Gasteiger partial charge in [-0.2, -0.15) is 0 Å². The molecule has 0 saturated heterocycles. The minimum atomic E-state index is -3.93. The molecule has 0 spiro atoms. The van der Waals surface area contributed by atoms with Gasteiger partial charge in [0.1, 0.15) is 13.2 Å². The zero-order valence-corrected chi connectivity index (χ0v) is 17.8. The molecule has 9 heteroatoms. The van der Waals surface area contributed by atoms with Crippen molar-refractivity contribution in [3.8, 4) is 11.5 Å². The summed E-state index contributed by atoms with van der Waals surface area (Å²) in [5, 5.41) is 1.22. The Morgan fingerprint density at radius 2 is 1.87 bits per heavy atom. The third-order valence-corrected chi connectivity index (χ3v) is 6.88. The average Bonchev–Trinajstić information content (AvgIpc) is 3.11. The first-order valence-electron chi connectivity index (χ1n) is 9.42. The highest BCUT2D eigenvalue weighted by molar-refractivity contribution is 7.90. The molecule has 30 heavy (non-hydrogen) atoms. The first-order valence-corrected chi connectivity index (χ1v) is 11.2. The lowest BCUT2D eigenvalue weighted by molar-refractivity contribution is -0.140. The molecule has 0 atom stereocenters. The fraction of sp³-hybridized carbons (Fsp3) is 0.286. The molecule has 4 rings (SSSR count). The molecule has 0 unspecified atom stereocenters. The van der Waals surface area contributed by atoms with E-state index >= 15 is 0 Å². The number of aromatic nitrogens is 1. The third kappa shape index (κ3) is 3.85. The standard InChI is InChI=1S/C21H20ClNO6S/c1-27-21(24)4-2-3-16-12-14-11-15(22)5-7-18(14)23(16)30(25,26)17-6-8-19-20(13-17)29-10-9-28-19/h5-8,11-13H,2-4,9-10H2,1H3. The van der Waals surface area contributed by atoms with Crippen molar-refractivity contribution >= 4 is 38.5 Å². The molecule has 0 N–H and O–H groups in total. The molecule has 0 aliphatic carbocycles. The molecule has 3 aromatic rings. The van der Waals surface area contributed by atoms with E-state index in [-0.39, 0.29) is 17.3 Å². The van der Waals surface area contributed by atoms with Gasteiger partial charge in [-0.15, -0.1) is 0 Å². The van der Waals surface area contributed by atoms with Crippen molar-refractivity contribution in [3.05, 3.63) is 53.2 Å². The molecule has 1 aromatic heterocycles. The molecule has 0 fully saturated rings. The number of carbonyl (C=O) groups is 1. The van der Waals surface area contributed by atoms with Crippen LogP contribution in [0, 0.1) is 0 Å². The Morgan fingerprint density at radius 1 is 1.10 bits per heavy atom. The van der Waals surface area contributed by atoms with Crippen molar-refractivity contribution in [2.75, 3.05) is 20.3 Å². The van der Waals surface area contributed by atoms with Crippen LogP contribution < -0.4 is 9.47 Å². The highest BCUT2D eigenvalue weighted by Gasteiger charge is 2.25. The smallest absolute Gasteiger partial charge is 0.305 e. The van der Waals surface area contributed by atoms with Crippen LogP contribution in [0.3, 0.4) is 0 Å². The van der Waals surface area contributed by atoms with Crippen molar-refractivity contribution in [3.63, 3.8) is 0 Å². The van der Waals surface area contributed by atoms with Gasteiger partial charge in [0.05, 0.1) is 17.5 Å². The molecule has 0 amide bonds. The van der Waals surface area contributed by atoms with Crippen LogP contribution in [0.2, 0.25) is 5.02 Å². The molecule has 0 radical (unpaired) electrons. The molecular weight excluding hydrogens is 430 g/mol. The molecule has 158 valence electrons. The molecule has 0 bridgehead atoms. The Labute approximate surface area is 179 Å². The normalized spacial score (nSPS) is 13.4.